The molecule has 0 aromatic rings. The lowest BCUT2D eigenvalue weighted by atomic mass is 10.1. The van der Waals surface area contributed by atoms with Gasteiger partial charge in [0.05, 0.1) is 15.8 Å². The summed E-state index contributed by atoms with van der Waals surface area (Å²) in [6.07, 6.45) is 2.81. The first-order valence-electron chi connectivity index (χ1n) is 4.79. The van der Waals surface area contributed by atoms with Gasteiger partial charge in [0.2, 0.25) is 11.7 Å². The summed E-state index contributed by atoms with van der Waals surface area (Å²) in [6, 6.07) is 0. The summed E-state index contributed by atoms with van der Waals surface area (Å²) in [5, 5.41) is 10.6. The lowest BCUT2D eigenvalue weighted by Gasteiger charge is -2.14. The normalized spacial score (nSPS) is 20.8. The maximum absolute atomic E-state index is 11.3. The second-order valence-electron chi connectivity index (χ2n) is 3.63. The van der Waals surface area contributed by atoms with Gasteiger partial charge in [0, 0.05) is 5.57 Å². The van der Waals surface area contributed by atoms with Gasteiger partial charge in [-0.2, -0.15) is 5.06 Å². The van der Waals surface area contributed by atoms with Crippen LogP contribution in [0.4, 0.5) is 0 Å². The van der Waals surface area contributed by atoms with Crippen LogP contribution in [0.15, 0.2) is 45.1 Å². The molecular weight excluding hydrogens is 265 g/mol. The molecule has 90 valence electrons. The van der Waals surface area contributed by atoms with Gasteiger partial charge < -0.3 is 4.74 Å². The van der Waals surface area contributed by atoms with Crippen molar-refractivity contribution in [3.63, 3.8) is 0 Å². The number of halogens is 2. The molecule has 1 aliphatic heterocycles. The van der Waals surface area contributed by atoms with E-state index in [1.54, 1.807) is 13.8 Å². The second-order valence-corrected chi connectivity index (χ2v) is 4.44. The molecule has 1 N–H and O–H groups in total. The van der Waals surface area contributed by atoms with Crippen LogP contribution >= 0.6 is 23.2 Å². The number of ketones is 1. The molecule has 2 aliphatic rings. The van der Waals surface area contributed by atoms with E-state index in [0.717, 1.165) is 5.06 Å². The van der Waals surface area contributed by atoms with E-state index >= 15 is 0 Å². The average Bonchev–Trinajstić information content (AvgIpc) is 2.53. The summed E-state index contributed by atoms with van der Waals surface area (Å²) >= 11 is 11.5. The molecule has 0 amide bonds. The van der Waals surface area contributed by atoms with Gasteiger partial charge in [-0.15, -0.1) is 0 Å². The smallest absolute Gasteiger partial charge is 0.231 e. The van der Waals surface area contributed by atoms with Crippen molar-refractivity contribution >= 4 is 29.0 Å². The minimum absolute atomic E-state index is 0.0146. The molecule has 0 aromatic carbocycles. The van der Waals surface area contributed by atoms with Crippen molar-refractivity contribution in [2.75, 3.05) is 0 Å². The fourth-order valence-electron chi connectivity index (χ4n) is 1.43. The molecule has 1 heterocycles. The van der Waals surface area contributed by atoms with Gasteiger partial charge in [0.1, 0.15) is 5.76 Å². The average molecular weight is 274 g/mol. The third kappa shape index (κ3) is 1.99. The van der Waals surface area contributed by atoms with E-state index in [1.165, 1.54) is 12.2 Å². The van der Waals surface area contributed by atoms with Crippen LogP contribution in [-0.4, -0.2) is 16.1 Å². The van der Waals surface area contributed by atoms with Crippen LogP contribution in [0.2, 0.25) is 0 Å². The van der Waals surface area contributed by atoms with Crippen LogP contribution in [0.25, 0.3) is 0 Å². The van der Waals surface area contributed by atoms with Gasteiger partial charge in [-0.3, -0.25) is 10.0 Å². The van der Waals surface area contributed by atoms with Gasteiger partial charge in [-0.1, -0.05) is 23.2 Å². The first-order valence-corrected chi connectivity index (χ1v) is 5.55. The summed E-state index contributed by atoms with van der Waals surface area (Å²) in [5.41, 5.74) is 1.01. The third-order valence-electron chi connectivity index (χ3n) is 2.51. The number of carbonyl (C=O) groups is 1. The zero-order chi connectivity index (χ0) is 12.7. The Kier molecular flexibility index (Phi) is 3.03. The lowest BCUT2D eigenvalue weighted by molar-refractivity contribution is -0.111. The molecule has 0 radical (unpaired) electrons. The molecule has 0 spiro atoms. The van der Waals surface area contributed by atoms with Crippen LogP contribution in [0.5, 0.6) is 0 Å². The number of hydrogen-bond donors (Lipinski definition) is 1. The Morgan fingerprint density at radius 1 is 1.24 bits per heavy atom. The predicted octanol–water partition coefficient (Wildman–Crippen LogP) is 3.00. The van der Waals surface area contributed by atoms with Gasteiger partial charge in [0.25, 0.3) is 0 Å². The Morgan fingerprint density at radius 2 is 1.76 bits per heavy atom. The van der Waals surface area contributed by atoms with Gasteiger partial charge >= 0.3 is 0 Å². The van der Waals surface area contributed by atoms with Crippen molar-refractivity contribution in [3.8, 4) is 0 Å². The number of ether oxygens (including phenoxy) is 1. The quantitative estimate of drug-likeness (QED) is 0.737. The Morgan fingerprint density at radius 3 is 2.18 bits per heavy atom. The van der Waals surface area contributed by atoms with Gasteiger partial charge in [-0.05, 0) is 26.0 Å². The summed E-state index contributed by atoms with van der Waals surface area (Å²) in [6.45, 7) is 3.42. The number of rotatable bonds is 0. The number of hydroxylamine groups is 2. The Balaban J connectivity index is 2.47. The molecule has 6 heteroatoms. The van der Waals surface area contributed by atoms with Crippen molar-refractivity contribution in [1.29, 1.82) is 0 Å². The van der Waals surface area contributed by atoms with Crippen LogP contribution in [0.3, 0.4) is 0 Å². The van der Waals surface area contributed by atoms with E-state index in [1.807, 2.05) is 0 Å². The molecule has 0 atom stereocenters. The van der Waals surface area contributed by atoms with E-state index in [-0.39, 0.29) is 15.9 Å². The zero-order valence-electron chi connectivity index (χ0n) is 9.12. The van der Waals surface area contributed by atoms with Crippen LogP contribution in [0.1, 0.15) is 13.8 Å². The third-order valence-corrected chi connectivity index (χ3v) is 3.08. The molecule has 0 aromatic heterocycles. The number of allylic oxidation sites excluding steroid dienone is 7. The Labute approximate surface area is 108 Å². The lowest BCUT2D eigenvalue weighted by Crippen LogP contribution is -2.14. The van der Waals surface area contributed by atoms with Gasteiger partial charge in [-0.25, -0.2) is 0 Å². The highest BCUT2D eigenvalue weighted by molar-refractivity contribution is 6.55. The number of Topliss-reactive ketones (excluding diaryl/α,β-unsaturated/α-hetero) is 1. The first-order chi connectivity index (χ1) is 7.91. The fourth-order valence-corrected chi connectivity index (χ4v) is 1.92. The number of hydrogen-bond acceptors (Lipinski definition) is 4. The predicted molar refractivity (Wildman–Crippen MR) is 63.0 cm³/mol. The highest BCUT2D eigenvalue weighted by atomic mass is 35.5. The van der Waals surface area contributed by atoms with E-state index in [4.69, 9.17) is 27.9 Å². The van der Waals surface area contributed by atoms with E-state index in [0.29, 0.717) is 17.0 Å². The summed E-state index contributed by atoms with van der Waals surface area (Å²) in [5.74, 6) is 0.311. The van der Waals surface area contributed by atoms with Gasteiger partial charge in [0.15, 0.2) is 0 Å². The van der Waals surface area contributed by atoms with Crippen molar-refractivity contribution in [1.82, 2.24) is 5.06 Å². The van der Waals surface area contributed by atoms with Crippen molar-refractivity contribution < 1.29 is 14.7 Å². The first kappa shape index (κ1) is 12.2. The molecule has 0 fully saturated rings. The highest BCUT2D eigenvalue weighted by Gasteiger charge is 2.27. The molecule has 0 saturated carbocycles. The largest absolute Gasteiger partial charge is 0.441 e. The summed E-state index contributed by atoms with van der Waals surface area (Å²) in [7, 11) is 0. The van der Waals surface area contributed by atoms with E-state index in [2.05, 4.69) is 0 Å². The van der Waals surface area contributed by atoms with Crippen LogP contribution in [-0.2, 0) is 9.53 Å². The molecule has 4 nitrogen and oxygen atoms in total. The molecule has 17 heavy (non-hydrogen) atoms. The number of carbonyl (C=O) groups excluding carboxylic acids is 1. The van der Waals surface area contributed by atoms with Crippen LogP contribution < -0.4 is 0 Å². The van der Waals surface area contributed by atoms with Crippen LogP contribution in [0, 0.1) is 0 Å². The standard InChI is InChI=1S/C11H9Cl2NO3/c1-5-6(2)17-11(14(5)16)7-3-8(12)10(15)9(13)4-7/h3-4,16H,1-2H3. The van der Waals surface area contributed by atoms with E-state index < -0.39 is 5.78 Å². The minimum Gasteiger partial charge on any atom is -0.441 e. The molecule has 0 bridgehead atoms. The highest BCUT2D eigenvalue weighted by Crippen LogP contribution is 2.33. The topological polar surface area (TPSA) is 49.8 Å². The van der Waals surface area contributed by atoms with E-state index in [9.17, 15) is 10.0 Å². The summed E-state index contributed by atoms with van der Waals surface area (Å²) < 4.78 is 5.37. The summed E-state index contributed by atoms with van der Waals surface area (Å²) in [4.78, 5) is 11.3. The second kappa shape index (κ2) is 4.22. The maximum Gasteiger partial charge on any atom is 0.231 e. The minimum atomic E-state index is -0.443. The van der Waals surface area contributed by atoms with Crippen molar-refractivity contribution in [2.24, 2.45) is 0 Å². The molecule has 0 saturated heterocycles. The van der Waals surface area contributed by atoms with Crippen molar-refractivity contribution in [2.45, 2.75) is 13.8 Å². The Bertz CT molecular complexity index is 505. The Hall–Kier alpha value is -1.23. The van der Waals surface area contributed by atoms with Crippen molar-refractivity contribution in [3.05, 3.63) is 45.1 Å². The maximum atomic E-state index is 11.3. The fraction of sp³-hybridized carbons (Fsp3) is 0.182. The molecular formula is C11H9Cl2NO3. The monoisotopic (exact) mass is 273 g/mol. The SMILES string of the molecule is CC1=C(C)N(O)C(=C2C=C(Cl)C(=O)C(Cl)=C2)O1. The number of nitrogens with zero attached hydrogens (tertiary/aromatic N) is 1. The molecule has 0 unspecified atom stereocenters. The molecule has 2 rings (SSSR count). The molecule has 1 aliphatic carbocycles. The zero-order valence-corrected chi connectivity index (χ0v) is 10.6.